The van der Waals surface area contributed by atoms with E-state index in [2.05, 4.69) is 25.1 Å². The number of likely N-dealkylation sites (tertiary alicyclic amines) is 1. The molecule has 19 heavy (non-hydrogen) atoms. The fourth-order valence-corrected chi connectivity index (χ4v) is 2.51. The first kappa shape index (κ1) is 14.1. The van der Waals surface area contributed by atoms with E-state index in [1.807, 2.05) is 17.9 Å². The zero-order valence-corrected chi connectivity index (χ0v) is 11.9. The summed E-state index contributed by atoms with van der Waals surface area (Å²) in [6, 6.07) is 8.31. The van der Waals surface area contributed by atoms with E-state index in [0.29, 0.717) is 32.4 Å². The molecule has 104 valence electrons. The highest BCUT2D eigenvalue weighted by atomic mass is 16.3. The number of benzene rings is 1. The number of aryl methyl sites for hydroxylation is 2. The van der Waals surface area contributed by atoms with Gasteiger partial charge in [-0.2, -0.15) is 0 Å². The van der Waals surface area contributed by atoms with Crippen LogP contribution in [-0.4, -0.2) is 34.6 Å². The van der Waals surface area contributed by atoms with E-state index >= 15 is 0 Å². The molecule has 0 radical (unpaired) electrons. The number of piperidine rings is 1. The van der Waals surface area contributed by atoms with Gasteiger partial charge in [-0.15, -0.1) is 0 Å². The van der Waals surface area contributed by atoms with E-state index in [1.54, 1.807) is 0 Å². The Morgan fingerprint density at radius 3 is 2.68 bits per heavy atom. The third kappa shape index (κ3) is 4.06. The minimum absolute atomic E-state index is 0.206. The molecule has 0 atom stereocenters. The third-order valence-corrected chi connectivity index (χ3v) is 3.90. The summed E-state index contributed by atoms with van der Waals surface area (Å²) < 4.78 is 0. The molecule has 1 aliphatic heterocycles. The maximum atomic E-state index is 12.1. The van der Waals surface area contributed by atoms with Crippen LogP contribution in [0.15, 0.2) is 24.3 Å². The summed E-state index contributed by atoms with van der Waals surface area (Å²) in [4.78, 5) is 14.0. The molecule has 1 heterocycles. The normalized spacial score (nSPS) is 18.4. The SMILES string of the molecule is Cc1cccc(CCC(=O)N2CCC(C)(O)CC2)c1. The van der Waals surface area contributed by atoms with Gasteiger partial charge in [0.2, 0.25) is 5.91 Å². The minimum atomic E-state index is -0.590. The molecule has 0 unspecified atom stereocenters. The molecule has 1 amide bonds. The van der Waals surface area contributed by atoms with Gasteiger partial charge in [-0.25, -0.2) is 0 Å². The molecule has 1 N–H and O–H groups in total. The van der Waals surface area contributed by atoms with Crippen LogP contribution in [0.4, 0.5) is 0 Å². The van der Waals surface area contributed by atoms with E-state index < -0.39 is 5.60 Å². The lowest BCUT2D eigenvalue weighted by Crippen LogP contribution is -2.45. The Morgan fingerprint density at radius 2 is 2.05 bits per heavy atom. The van der Waals surface area contributed by atoms with Crippen molar-refractivity contribution in [1.82, 2.24) is 4.90 Å². The molecule has 1 fully saturated rings. The maximum Gasteiger partial charge on any atom is 0.222 e. The summed E-state index contributed by atoms with van der Waals surface area (Å²) in [5.41, 5.74) is 1.86. The van der Waals surface area contributed by atoms with Crippen LogP contribution in [0.5, 0.6) is 0 Å². The van der Waals surface area contributed by atoms with Gasteiger partial charge in [0.05, 0.1) is 5.60 Å². The quantitative estimate of drug-likeness (QED) is 0.907. The predicted molar refractivity (Wildman–Crippen MR) is 75.9 cm³/mol. The standard InChI is InChI=1S/C16H23NO2/c1-13-4-3-5-14(12-13)6-7-15(18)17-10-8-16(2,19)9-11-17/h3-5,12,19H,6-11H2,1-2H3. The zero-order chi connectivity index (χ0) is 13.9. The van der Waals surface area contributed by atoms with Crippen LogP contribution in [-0.2, 0) is 11.2 Å². The topological polar surface area (TPSA) is 40.5 Å². The maximum absolute atomic E-state index is 12.1. The number of carbonyl (C=O) groups is 1. The van der Waals surface area contributed by atoms with Crippen LogP contribution in [0.2, 0.25) is 0 Å². The molecule has 2 rings (SSSR count). The largest absolute Gasteiger partial charge is 0.390 e. The van der Waals surface area contributed by atoms with Crippen molar-refractivity contribution in [3.8, 4) is 0 Å². The van der Waals surface area contributed by atoms with Crippen molar-refractivity contribution in [2.45, 2.75) is 45.1 Å². The van der Waals surface area contributed by atoms with Gasteiger partial charge in [0.25, 0.3) is 0 Å². The van der Waals surface area contributed by atoms with Crippen molar-refractivity contribution in [1.29, 1.82) is 0 Å². The average Bonchev–Trinajstić information content (AvgIpc) is 2.36. The Morgan fingerprint density at radius 1 is 1.37 bits per heavy atom. The number of carbonyl (C=O) groups excluding carboxylic acids is 1. The smallest absolute Gasteiger partial charge is 0.222 e. The molecule has 1 aliphatic rings. The van der Waals surface area contributed by atoms with E-state index in [4.69, 9.17) is 0 Å². The van der Waals surface area contributed by atoms with Gasteiger partial charge in [0.15, 0.2) is 0 Å². The molecule has 1 aromatic rings. The van der Waals surface area contributed by atoms with Crippen molar-refractivity contribution in [2.24, 2.45) is 0 Å². The van der Waals surface area contributed by atoms with Gasteiger partial charge in [-0.3, -0.25) is 4.79 Å². The number of aliphatic hydroxyl groups is 1. The molecule has 1 saturated heterocycles. The van der Waals surface area contributed by atoms with E-state index in [9.17, 15) is 9.90 Å². The first-order valence-corrected chi connectivity index (χ1v) is 7.02. The summed E-state index contributed by atoms with van der Waals surface area (Å²) in [7, 11) is 0. The number of nitrogens with zero attached hydrogens (tertiary/aromatic N) is 1. The van der Waals surface area contributed by atoms with Crippen molar-refractivity contribution < 1.29 is 9.90 Å². The highest BCUT2D eigenvalue weighted by Gasteiger charge is 2.29. The molecule has 1 aromatic carbocycles. The van der Waals surface area contributed by atoms with Crippen molar-refractivity contribution in [2.75, 3.05) is 13.1 Å². The van der Waals surface area contributed by atoms with Crippen LogP contribution >= 0.6 is 0 Å². The van der Waals surface area contributed by atoms with E-state index in [0.717, 1.165) is 6.42 Å². The summed E-state index contributed by atoms with van der Waals surface area (Å²) in [6.45, 7) is 5.28. The highest BCUT2D eigenvalue weighted by Crippen LogP contribution is 2.21. The Kier molecular flexibility index (Phi) is 4.25. The van der Waals surface area contributed by atoms with Crippen LogP contribution in [0.25, 0.3) is 0 Å². The van der Waals surface area contributed by atoms with E-state index in [-0.39, 0.29) is 5.91 Å². The highest BCUT2D eigenvalue weighted by molar-refractivity contribution is 5.76. The van der Waals surface area contributed by atoms with Gasteiger partial charge in [0.1, 0.15) is 0 Å². The van der Waals surface area contributed by atoms with Crippen molar-refractivity contribution in [3.05, 3.63) is 35.4 Å². The molecule has 0 aromatic heterocycles. The Hall–Kier alpha value is -1.35. The third-order valence-electron chi connectivity index (χ3n) is 3.90. The zero-order valence-electron chi connectivity index (χ0n) is 11.9. The lowest BCUT2D eigenvalue weighted by atomic mass is 9.93. The van der Waals surface area contributed by atoms with Gasteiger partial charge in [-0.1, -0.05) is 29.8 Å². The van der Waals surface area contributed by atoms with Crippen LogP contribution in [0.3, 0.4) is 0 Å². The fourth-order valence-electron chi connectivity index (χ4n) is 2.51. The Bertz CT molecular complexity index is 444. The predicted octanol–water partition coefficient (Wildman–Crippen LogP) is 2.30. The summed E-state index contributed by atoms with van der Waals surface area (Å²) in [5.74, 6) is 0.206. The summed E-state index contributed by atoms with van der Waals surface area (Å²) in [5, 5.41) is 9.87. The van der Waals surface area contributed by atoms with Gasteiger partial charge < -0.3 is 10.0 Å². The molecule has 0 aliphatic carbocycles. The molecule has 3 nitrogen and oxygen atoms in total. The second-order valence-corrected chi connectivity index (χ2v) is 5.87. The van der Waals surface area contributed by atoms with Gasteiger partial charge >= 0.3 is 0 Å². The lowest BCUT2D eigenvalue weighted by molar-refractivity contribution is -0.134. The summed E-state index contributed by atoms with van der Waals surface area (Å²) in [6.07, 6.45) is 2.73. The molecule has 3 heteroatoms. The number of hydrogen-bond donors (Lipinski definition) is 1. The number of hydrogen-bond acceptors (Lipinski definition) is 2. The van der Waals surface area contributed by atoms with E-state index in [1.165, 1.54) is 11.1 Å². The fraction of sp³-hybridized carbons (Fsp3) is 0.562. The summed E-state index contributed by atoms with van der Waals surface area (Å²) >= 11 is 0. The Balaban J connectivity index is 1.82. The van der Waals surface area contributed by atoms with Crippen molar-refractivity contribution >= 4 is 5.91 Å². The first-order chi connectivity index (χ1) is 8.96. The van der Waals surface area contributed by atoms with Crippen LogP contribution in [0, 0.1) is 6.92 Å². The molecular weight excluding hydrogens is 238 g/mol. The second kappa shape index (κ2) is 5.74. The first-order valence-electron chi connectivity index (χ1n) is 7.02. The number of rotatable bonds is 3. The lowest BCUT2D eigenvalue weighted by Gasteiger charge is -2.35. The van der Waals surface area contributed by atoms with Crippen molar-refractivity contribution in [3.63, 3.8) is 0 Å². The Labute approximate surface area is 115 Å². The molecule has 0 bridgehead atoms. The van der Waals surface area contributed by atoms with Gasteiger partial charge in [0, 0.05) is 19.5 Å². The van der Waals surface area contributed by atoms with Gasteiger partial charge in [-0.05, 0) is 38.7 Å². The molecule has 0 spiro atoms. The van der Waals surface area contributed by atoms with Crippen LogP contribution < -0.4 is 0 Å². The monoisotopic (exact) mass is 261 g/mol. The number of amides is 1. The second-order valence-electron chi connectivity index (χ2n) is 5.87. The molecule has 0 saturated carbocycles. The average molecular weight is 261 g/mol. The van der Waals surface area contributed by atoms with Crippen LogP contribution in [0.1, 0.15) is 37.3 Å². The molecular formula is C16H23NO2. The minimum Gasteiger partial charge on any atom is -0.390 e.